The molecule has 1 heterocycles. The fourth-order valence-corrected chi connectivity index (χ4v) is 2.27. The number of hydrogen-bond acceptors (Lipinski definition) is 2. The zero-order valence-corrected chi connectivity index (χ0v) is 13.0. The number of aromatic nitrogens is 2. The third kappa shape index (κ3) is 4.88. The van der Waals surface area contributed by atoms with Crippen molar-refractivity contribution in [1.82, 2.24) is 4.57 Å². The average Bonchev–Trinajstić information content (AvgIpc) is 3.05. The molecule has 3 rings (SSSR count). The van der Waals surface area contributed by atoms with Gasteiger partial charge >= 0.3 is 0 Å². The summed E-state index contributed by atoms with van der Waals surface area (Å²) in [5.74, 6) is 1.81. The normalized spacial score (nSPS) is 10.4. The van der Waals surface area contributed by atoms with E-state index in [2.05, 4.69) is 27.9 Å². The van der Waals surface area contributed by atoms with Crippen LogP contribution in [0.1, 0.15) is 0 Å². The van der Waals surface area contributed by atoms with E-state index in [1.807, 2.05) is 60.7 Å². The highest BCUT2D eigenvalue weighted by atomic mass is 16.5. The van der Waals surface area contributed by atoms with E-state index in [1.165, 1.54) is 0 Å². The Kier molecular flexibility index (Phi) is 5.29. The van der Waals surface area contributed by atoms with Crippen LogP contribution in [0, 0.1) is 0 Å². The molecule has 0 unspecified atom stereocenters. The Morgan fingerprint density at radius 2 is 1.39 bits per heavy atom. The van der Waals surface area contributed by atoms with E-state index in [9.17, 15) is 0 Å². The second kappa shape index (κ2) is 8.03. The number of ether oxygens (including phenoxy) is 2. The lowest BCUT2D eigenvalue weighted by atomic mass is 10.3. The van der Waals surface area contributed by atoms with Gasteiger partial charge in [-0.2, -0.15) is 0 Å². The van der Waals surface area contributed by atoms with Crippen LogP contribution in [0.25, 0.3) is 0 Å². The molecule has 0 saturated carbocycles. The summed E-state index contributed by atoms with van der Waals surface area (Å²) in [5.41, 5.74) is 0. The van der Waals surface area contributed by atoms with E-state index >= 15 is 0 Å². The van der Waals surface area contributed by atoms with E-state index in [0.717, 1.165) is 24.6 Å². The monoisotopic (exact) mass is 309 g/mol. The van der Waals surface area contributed by atoms with Crippen molar-refractivity contribution < 1.29 is 14.0 Å². The molecule has 0 fully saturated rings. The molecule has 4 heteroatoms. The van der Waals surface area contributed by atoms with Gasteiger partial charge in [0.05, 0.1) is 0 Å². The largest absolute Gasteiger partial charge is 0.489 e. The Balaban J connectivity index is 1.39. The quantitative estimate of drug-likeness (QED) is 0.598. The standard InChI is InChI=1S/C19H21N2O2/c1-3-7-18(8-4-1)22-15-13-20-11-12-21(17-20)14-16-23-19-9-5-2-6-10-19/h1-12,17H,13-16H2/q+1. The molecular formula is C19H21N2O2+. The first kappa shape index (κ1) is 15.2. The molecule has 4 nitrogen and oxygen atoms in total. The van der Waals surface area contributed by atoms with Gasteiger partial charge in [0.1, 0.15) is 50.2 Å². The maximum Gasteiger partial charge on any atom is 0.244 e. The van der Waals surface area contributed by atoms with Gasteiger partial charge in [0.25, 0.3) is 0 Å². The van der Waals surface area contributed by atoms with Crippen LogP contribution in [-0.4, -0.2) is 17.8 Å². The second-order valence-electron chi connectivity index (χ2n) is 5.21. The zero-order valence-electron chi connectivity index (χ0n) is 13.0. The maximum atomic E-state index is 5.70. The van der Waals surface area contributed by atoms with Crippen LogP contribution in [0.3, 0.4) is 0 Å². The Hall–Kier alpha value is -2.75. The van der Waals surface area contributed by atoms with E-state index in [-0.39, 0.29) is 0 Å². The molecule has 3 aromatic rings. The second-order valence-corrected chi connectivity index (χ2v) is 5.21. The van der Waals surface area contributed by atoms with Crippen LogP contribution in [0.5, 0.6) is 11.5 Å². The van der Waals surface area contributed by atoms with E-state index < -0.39 is 0 Å². The van der Waals surface area contributed by atoms with Crippen LogP contribution in [0.2, 0.25) is 0 Å². The fourth-order valence-electron chi connectivity index (χ4n) is 2.27. The van der Waals surface area contributed by atoms with Crippen LogP contribution in [0.4, 0.5) is 0 Å². The smallest absolute Gasteiger partial charge is 0.244 e. The summed E-state index contributed by atoms with van der Waals surface area (Å²) >= 11 is 0. The summed E-state index contributed by atoms with van der Waals surface area (Å²) in [7, 11) is 0. The lowest BCUT2D eigenvalue weighted by Crippen LogP contribution is -2.34. The van der Waals surface area contributed by atoms with Crippen molar-refractivity contribution >= 4 is 0 Å². The number of imidazole rings is 1. The molecule has 0 amide bonds. The predicted molar refractivity (Wildman–Crippen MR) is 88.5 cm³/mol. The first-order chi connectivity index (χ1) is 11.4. The van der Waals surface area contributed by atoms with Crippen molar-refractivity contribution in [3.05, 3.63) is 79.4 Å². The molecule has 0 aliphatic heterocycles. The van der Waals surface area contributed by atoms with Gasteiger partial charge in [0.2, 0.25) is 6.33 Å². The molecule has 0 aliphatic carbocycles. The van der Waals surface area contributed by atoms with Gasteiger partial charge in [-0.1, -0.05) is 36.4 Å². The zero-order chi connectivity index (χ0) is 15.7. The number of nitrogens with zero attached hydrogens (tertiary/aromatic N) is 2. The SMILES string of the molecule is c1ccc(OCCn2cc[n+](CCOc3ccccc3)c2)cc1. The Bertz CT molecular complexity index is 636. The Morgan fingerprint density at radius 3 is 2.04 bits per heavy atom. The average molecular weight is 309 g/mol. The predicted octanol–water partition coefficient (Wildman–Crippen LogP) is 2.93. The molecule has 118 valence electrons. The molecule has 0 N–H and O–H groups in total. The maximum absolute atomic E-state index is 5.70. The lowest BCUT2D eigenvalue weighted by Gasteiger charge is -2.04. The van der Waals surface area contributed by atoms with Gasteiger partial charge in [-0.25, -0.2) is 9.13 Å². The topological polar surface area (TPSA) is 27.3 Å². The van der Waals surface area contributed by atoms with Crippen LogP contribution >= 0.6 is 0 Å². The minimum absolute atomic E-state index is 0.652. The summed E-state index contributed by atoms with van der Waals surface area (Å²) in [6.45, 7) is 2.95. The number of rotatable bonds is 8. The van der Waals surface area contributed by atoms with Gasteiger partial charge in [-0.3, -0.25) is 0 Å². The van der Waals surface area contributed by atoms with Gasteiger partial charge < -0.3 is 9.47 Å². The Labute approximate surface area is 136 Å². The summed E-state index contributed by atoms with van der Waals surface area (Å²) in [4.78, 5) is 0. The highest BCUT2D eigenvalue weighted by Crippen LogP contribution is 2.08. The minimum atomic E-state index is 0.652. The first-order valence-electron chi connectivity index (χ1n) is 7.81. The van der Waals surface area contributed by atoms with E-state index in [1.54, 1.807) is 0 Å². The molecule has 0 saturated heterocycles. The van der Waals surface area contributed by atoms with Crippen LogP contribution in [-0.2, 0) is 13.1 Å². The molecule has 0 spiro atoms. The van der Waals surface area contributed by atoms with Crippen molar-refractivity contribution in [1.29, 1.82) is 0 Å². The third-order valence-corrected chi connectivity index (χ3v) is 3.47. The summed E-state index contributed by atoms with van der Waals surface area (Å²) < 4.78 is 15.6. The highest BCUT2D eigenvalue weighted by molar-refractivity contribution is 5.21. The minimum Gasteiger partial charge on any atom is -0.489 e. The molecule has 0 aliphatic rings. The third-order valence-electron chi connectivity index (χ3n) is 3.47. The molecule has 0 radical (unpaired) electrons. The van der Waals surface area contributed by atoms with Crippen molar-refractivity contribution in [3.63, 3.8) is 0 Å². The number of benzene rings is 2. The van der Waals surface area contributed by atoms with Crippen molar-refractivity contribution in [3.8, 4) is 11.5 Å². The fraction of sp³-hybridized carbons (Fsp3) is 0.211. The summed E-state index contributed by atoms with van der Waals surface area (Å²) in [6, 6.07) is 19.8. The number of hydrogen-bond donors (Lipinski definition) is 0. The van der Waals surface area contributed by atoms with E-state index in [0.29, 0.717) is 13.2 Å². The lowest BCUT2D eigenvalue weighted by molar-refractivity contribution is -0.697. The van der Waals surface area contributed by atoms with Gasteiger partial charge in [-0.15, -0.1) is 0 Å². The van der Waals surface area contributed by atoms with Crippen LogP contribution < -0.4 is 14.0 Å². The molecule has 23 heavy (non-hydrogen) atoms. The molecule has 2 aromatic carbocycles. The van der Waals surface area contributed by atoms with Gasteiger partial charge in [0, 0.05) is 0 Å². The van der Waals surface area contributed by atoms with Gasteiger partial charge in [-0.05, 0) is 24.3 Å². The first-order valence-corrected chi connectivity index (χ1v) is 7.81. The number of para-hydroxylation sites is 2. The van der Waals surface area contributed by atoms with Crippen LogP contribution in [0.15, 0.2) is 79.4 Å². The molecule has 1 aromatic heterocycles. The summed E-state index contributed by atoms with van der Waals surface area (Å²) in [5, 5.41) is 0. The summed E-state index contributed by atoms with van der Waals surface area (Å²) in [6.07, 6.45) is 6.18. The van der Waals surface area contributed by atoms with Crippen molar-refractivity contribution in [2.75, 3.05) is 13.2 Å². The molecule has 0 atom stereocenters. The van der Waals surface area contributed by atoms with Gasteiger partial charge in [0.15, 0.2) is 0 Å². The highest BCUT2D eigenvalue weighted by Gasteiger charge is 2.04. The van der Waals surface area contributed by atoms with Crippen molar-refractivity contribution in [2.24, 2.45) is 0 Å². The van der Waals surface area contributed by atoms with E-state index in [4.69, 9.17) is 9.47 Å². The van der Waals surface area contributed by atoms with Crippen molar-refractivity contribution in [2.45, 2.75) is 13.1 Å². The Morgan fingerprint density at radius 1 is 0.783 bits per heavy atom. The molecule has 0 bridgehead atoms. The molecular weight excluding hydrogens is 288 g/mol.